The zero-order valence-corrected chi connectivity index (χ0v) is 10.1. The lowest BCUT2D eigenvalue weighted by atomic mass is 9.59. The van der Waals surface area contributed by atoms with E-state index in [2.05, 4.69) is 19.0 Å². The molecular formula is C13H23NO. The summed E-state index contributed by atoms with van der Waals surface area (Å²) in [6, 6.07) is 0. The van der Waals surface area contributed by atoms with Crippen molar-refractivity contribution in [3.8, 4) is 0 Å². The molecule has 2 aliphatic carbocycles. The van der Waals surface area contributed by atoms with Crippen LogP contribution in [0.1, 0.15) is 44.9 Å². The third-order valence-electron chi connectivity index (χ3n) is 4.30. The van der Waals surface area contributed by atoms with Gasteiger partial charge in [0.25, 0.3) is 0 Å². The number of hydrogen-bond acceptors (Lipinski definition) is 2. The zero-order chi connectivity index (χ0) is 10.9. The van der Waals surface area contributed by atoms with Gasteiger partial charge in [-0.1, -0.05) is 12.8 Å². The van der Waals surface area contributed by atoms with Gasteiger partial charge in [-0.2, -0.15) is 0 Å². The summed E-state index contributed by atoms with van der Waals surface area (Å²) in [5.41, 5.74) is 0.344. The molecule has 2 fully saturated rings. The van der Waals surface area contributed by atoms with Crippen molar-refractivity contribution in [2.24, 2.45) is 11.3 Å². The molecule has 0 aromatic heterocycles. The predicted molar refractivity (Wildman–Crippen MR) is 61.8 cm³/mol. The molecule has 2 aliphatic rings. The fourth-order valence-corrected chi connectivity index (χ4v) is 3.77. The third kappa shape index (κ3) is 2.25. The summed E-state index contributed by atoms with van der Waals surface area (Å²) in [5, 5.41) is 0. The topological polar surface area (TPSA) is 20.3 Å². The normalized spacial score (nSPS) is 36.7. The molecule has 2 atom stereocenters. The van der Waals surface area contributed by atoms with Crippen LogP contribution in [0.25, 0.3) is 0 Å². The van der Waals surface area contributed by atoms with Crippen molar-refractivity contribution >= 4 is 5.78 Å². The summed E-state index contributed by atoms with van der Waals surface area (Å²) in [6.07, 6.45) is 8.22. The molecule has 0 heterocycles. The van der Waals surface area contributed by atoms with Crippen molar-refractivity contribution in [3.05, 3.63) is 0 Å². The molecule has 2 heteroatoms. The first-order chi connectivity index (χ1) is 7.12. The maximum absolute atomic E-state index is 11.7. The second-order valence-corrected chi connectivity index (χ2v) is 5.80. The minimum atomic E-state index is 0.344. The predicted octanol–water partition coefficient (Wildman–Crippen LogP) is 2.48. The maximum atomic E-state index is 11.7. The van der Waals surface area contributed by atoms with Gasteiger partial charge in [-0.3, -0.25) is 4.79 Å². The molecule has 0 aliphatic heterocycles. The van der Waals surface area contributed by atoms with Crippen LogP contribution >= 0.6 is 0 Å². The number of fused-ring (bicyclic) bond motifs is 1. The Bertz CT molecular complexity index is 249. The number of nitrogens with zero attached hydrogens (tertiary/aromatic N) is 1. The fourth-order valence-electron chi connectivity index (χ4n) is 3.77. The Morgan fingerprint density at radius 1 is 1.33 bits per heavy atom. The molecule has 0 spiro atoms. The molecule has 0 amide bonds. The number of carbonyl (C=O) groups is 1. The first-order valence-corrected chi connectivity index (χ1v) is 6.29. The van der Waals surface area contributed by atoms with Crippen LogP contribution in [0.2, 0.25) is 0 Å². The highest BCUT2D eigenvalue weighted by atomic mass is 16.1. The van der Waals surface area contributed by atoms with Gasteiger partial charge < -0.3 is 4.90 Å². The Morgan fingerprint density at radius 2 is 2.13 bits per heavy atom. The lowest BCUT2D eigenvalue weighted by molar-refractivity contribution is -0.128. The first-order valence-electron chi connectivity index (χ1n) is 6.29. The Balaban J connectivity index is 2.15. The van der Waals surface area contributed by atoms with Crippen LogP contribution in [0.3, 0.4) is 0 Å². The van der Waals surface area contributed by atoms with Gasteiger partial charge in [0, 0.05) is 19.4 Å². The fraction of sp³-hybridized carbons (Fsp3) is 0.923. The van der Waals surface area contributed by atoms with E-state index in [0.29, 0.717) is 11.2 Å². The summed E-state index contributed by atoms with van der Waals surface area (Å²) >= 11 is 0. The van der Waals surface area contributed by atoms with Crippen molar-refractivity contribution in [2.45, 2.75) is 44.9 Å². The van der Waals surface area contributed by atoms with Gasteiger partial charge >= 0.3 is 0 Å². The quantitative estimate of drug-likeness (QED) is 0.696. The largest absolute Gasteiger partial charge is 0.309 e. The highest BCUT2D eigenvalue weighted by Crippen LogP contribution is 2.49. The molecule has 0 aromatic rings. The van der Waals surface area contributed by atoms with Gasteiger partial charge in [0.2, 0.25) is 0 Å². The van der Waals surface area contributed by atoms with E-state index in [4.69, 9.17) is 0 Å². The molecular weight excluding hydrogens is 186 g/mol. The summed E-state index contributed by atoms with van der Waals surface area (Å²) in [4.78, 5) is 14.0. The van der Waals surface area contributed by atoms with Gasteiger partial charge in [0.15, 0.2) is 0 Å². The van der Waals surface area contributed by atoms with Crippen LogP contribution in [0, 0.1) is 11.3 Å². The molecule has 86 valence electrons. The molecule has 15 heavy (non-hydrogen) atoms. The summed E-state index contributed by atoms with van der Waals surface area (Å²) in [7, 11) is 4.28. The first kappa shape index (κ1) is 11.1. The van der Waals surface area contributed by atoms with Crippen molar-refractivity contribution in [3.63, 3.8) is 0 Å². The van der Waals surface area contributed by atoms with Gasteiger partial charge in [-0.25, -0.2) is 0 Å². The highest BCUT2D eigenvalue weighted by Gasteiger charge is 2.44. The lowest BCUT2D eigenvalue weighted by Crippen LogP contribution is -2.46. The second-order valence-electron chi connectivity index (χ2n) is 5.80. The van der Waals surface area contributed by atoms with E-state index in [9.17, 15) is 4.79 Å². The summed E-state index contributed by atoms with van der Waals surface area (Å²) in [5.74, 6) is 1.33. The van der Waals surface area contributed by atoms with E-state index in [0.717, 1.165) is 31.7 Å². The molecule has 2 nitrogen and oxygen atoms in total. The lowest BCUT2D eigenvalue weighted by Gasteiger charge is -2.48. The molecule has 0 saturated heterocycles. The second kappa shape index (κ2) is 4.25. The van der Waals surface area contributed by atoms with Crippen LogP contribution in [0.15, 0.2) is 0 Å². The van der Waals surface area contributed by atoms with E-state index >= 15 is 0 Å². The molecule has 0 bridgehead atoms. The molecule has 0 N–H and O–H groups in total. The monoisotopic (exact) mass is 209 g/mol. The van der Waals surface area contributed by atoms with Crippen molar-refractivity contribution < 1.29 is 4.79 Å². The van der Waals surface area contributed by atoms with Gasteiger partial charge in [-0.15, -0.1) is 0 Å². The average molecular weight is 209 g/mol. The Kier molecular flexibility index (Phi) is 3.15. The van der Waals surface area contributed by atoms with Crippen LogP contribution < -0.4 is 0 Å². The Hall–Kier alpha value is -0.370. The molecule has 0 unspecified atom stereocenters. The van der Waals surface area contributed by atoms with Crippen LogP contribution in [0.5, 0.6) is 0 Å². The smallest absolute Gasteiger partial charge is 0.133 e. The summed E-state index contributed by atoms with van der Waals surface area (Å²) in [6.45, 7) is 1.11. The maximum Gasteiger partial charge on any atom is 0.133 e. The molecule has 0 aromatic carbocycles. The van der Waals surface area contributed by atoms with Gasteiger partial charge in [-0.05, 0) is 44.7 Å². The van der Waals surface area contributed by atoms with E-state index in [1.807, 2.05) is 0 Å². The van der Waals surface area contributed by atoms with E-state index in [1.54, 1.807) is 0 Å². The Morgan fingerprint density at radius 3 is 2.87 bits per heavy atom. The number of hydrogen-bond donors (Lipinski definition) is 0. The van der Waals surface area contributed by atoms with Crippen molar-refractivity contribution in [1.82, 2.24) is 4.90 Å². The van der Waals surface area contributed by atoms with E-state index in [-0.39, 0.29) is 0 Å². The minimum Gasteiger partial charge on any atom is -0.309 e. The average Bonchev–Trinajstić information content (AvgIpc) is 2.15. The SMILES string of the molecule is CN(C)C[C@]12CCCC[C@@H]1CCC(=O)C2. The van der Waals surface area contributed by atoms with Crippen molar-refractivity contribution in [2.75, 3.05) is 20.6 Å². The number of carbonyl (C=O) groups excluding carboxylic acids is 1. The number of rotatable bonds is 2. The molecule has 2 saturated carbocycles. The Labute approximate surface area is 93.0 Å². The molecule has 2 rings (SSSR count). The van der Waals surface area contributed by atoms with Crippen LogP contribution in [0.4, 0.5) is 0 Å². The minimum absolute atomic E-state index is 0.344. The number of ketones is 1. The standard InChI is InChI=1S/C13H23NO/c1-14(2)10-13-8-4-3-5-11(13)6-7-12(15)9-13/h11H,3-10H2,1-2H3/t11-,13-/m1/s1. The van der Waals surface area contributed by atoms with Crippen molar-refractivity contribution in [1.29, 1.82) is 0 Å². The zero-order valence-electron chi connectivity index (χ0n) is 10.1. The van der Waals surface area contributed by atoms with Crippen LogP contribution in [-0.2, 0) is 4.79 Å². The number of Topliss-reactive ketones (excluding diaryl/α,β-unsaturated/α-hetero) is 1. The summed E-state index contributed by atoms with van der Waals surface area (Å²) < 4.78 is 0. The molecule has 0 radical (unpaired) electrons. The van der Waals surface area contributed by atoms with E-state index in [1.165, 1.54) is 25.7 Å². The van der Waals surface area contributed by atoms with E-state index < -0.39 is 0 Å². The highest BCUT2D eigenvalue weighted by molar-refractivity contribution is 5.80. The third-order valence-corrected chi connectivity index (χ3v) is 4.30. The van der Waals surface area contributed by atoms with Gasteiger partial charge in [0.05, 0.1) is 0 Å². The van der Waals surface area contributed by atoms with Crippen LogP contribution in [-0.4, -0.2) is 31.3 Å². The van der Waals surface area contributed by atoms with Gasteiger partial charge in [0.1, 0.15) is 5.78 Å².